The molecule has 2 nitrogen and oxygen atoms in total. The van der Waals surface area contributed by atoms with Crippen molar-refractivity contribution in [3.8, 4) is 5.75 Å². The molecule has 1 aromatic rings. The molecule has 0 atom stereocenters. The molecule has 1 saturated carbocycles. The van der Waals surface area contributed by atoms with Gasteiger partial charge in [-0.1, -0.05) is 19.1 Å². The number of quaternary nitrogens is 1. The van der Waals surface area contributed by atoms with Crippen molar-refractivity contribution >= 4 is 0 Å². The van der Waals surface area contributed by atoms with Crippen LogP contribution >= 0.6 is 0 Å². The summed E-state index contributed by atoms with van der Waals surface area (Å²) in [7, 11) is 0. The fraction of sp³-hybridized carbons (Fsp3) is 0.500. The molecule has 0 heterocycles. The Kier molecular flexibility index (Phi) is 2.73. The fourth-order valence-electron chi connectivity index (χ4n) is 1.77. The van der Waals surface area contributed by atoms with Gasteiger partial charge in [0.25, 0.3) is 0 Å². The van der Waals surface area contributed by atoms with Crippen LogP contribution in [0.2, 0.25) is 0 Å². The summed E-state index contributed by atoms with van der Waals surface area (Å²) in [5.74, 6) is 0.999. The Bertz CT molecular complexity index is 288. The highest BCUT2D eigenvalue weighted by Crippen LogP contribution is 2.23. The predicted octanol–water partition coefficient (Wildman–Crippen LogP) is 1.40. The van der Waals surface area contributed by atoms with Gasteiger partial charge in [-0.25, -0.2) is 0 Å². The largest absolute Gasteiger partial charge is 0.490 e. The van der Waals surface area contributed by atoms with Gasteiger partial charge in [-0.3, -0.25) is 0 Å². The van der Waals surface area contributed by atoms with E-state index in [2.05, 4.69) is 36.9 Å². The Morgan fingerprint density at radius 1 is 1.29 bits per heavy atom. The standard InChI is InChI=1S/C12H17NO/c1-2-9-3-5-11(6-4-9)14-12-7-10(13)8-12/h3-6,10,12H,2,7-8,13H2,1H3/p+1. The van der Waals surface area contributed by atoms with E-state index in [-0.39, 0.29) is 0 Å². The van der Waals surface area contributed by atoms with Gasteiger partial charge in [-0.05, 0) is 24.1 Å². The highest BCUT2D eigenvalue weighted by Gasteiger charge is 2.30. The maximum Gasteiger partial charge on any atom is 0.119 e. The molecule has 0 aromatic heterocycles. The van der Waals surface area contributed by atoms with E-state index in [9.17, 15) is 0 Å². The van der Waals surface area contributed by atoms with Gasteiger partial charge in [0.15, 0.2) is 0 Å². The highest BCUT2D eigenvalue weighted by atomic mass is 16.5. The molecule has 2 rings (SSSR count). The molecule has 14 heavy (non-hydrogen) atoms. The van der Waals surface area contributed by atoms with Crippen LogP contribution in [0.4, 0.5) is 0 Å². The van der Waals surface area contributed by atoms with E-state index >= 15 is 0 Å². The van der Waals surface area contributed by atoms with Crippen molar-refractivity contribution in [3.05, 3.63) is 29.8 Å². The van der Waals surface area contributed by atoms with Gasteiger partial charge in [-0.15, -0.1) is 0 Å². The Balaban J connectivity index is 1.90. The average Bonchev–Trinajstić information content (AvgIpc) is 2.17. The number of rotatable bonds is 3. The lowest BCUT2D eigenvalue weighted by Crippen LogP contribution is -2.68. The summed E-state index contributed by atoms with van der Waals surface area (Å²) < 4.78 is 5.78. The number of hydrogen-bond acceptors (Lipinski definition) is 1. The number of aryl methyl sites for hydroxylation is 1. The van der Waals surface area contributed by atoms with Gasteiger partial charge in [0, 0.05) is 12.8 Å². The summed E-state index contributed by atoms with van der Waals surface area (Å²) in [6.07, 6.45) is 3.71. The minimum absolute atomic E-state index is 0.407. The number of hydrogen-bond donors (Lipinski definition) is 1. The van der Waals surface area contributed by atoms with Crippen LogP contribution in [0.1, 0.15) is 25.3 Å². The van der Waals surface area contributed by atoms with Crippen LogP contribution < -0.4 is 10.5 Å². The summed E-state index contributed by atoms with van der Waals surface area (Å²) in [6.45, 7) is 2.16. The van der Waals surface area contributed by atoms with Crippen molar-refractivity contribution in [2.24, 2.45) is 0 Å². The maximum atomic E-state index is 5.78. The molecule has 1 aliphatic rings. The van der Waals surface area contributed by atoms with E-state index in [1.807, 2.05) is 0 Å². The van der Waals surface area contributed by atoms with Crippen LogP contribution in [0, 0.1) is 0 Å². The van der Waals surface area contributed by atoms with Crippen molar-refractivity contribution in [1.82, 2.24) is 0 Å². The molecule has 0 aliphatic heterocycles. The summed E-state index contributed by atoms with van der Waals surface area (Å²) >= 11 is 0. The molecule has 0 bridgehead atoms. The van der Waals surface area contributed by atoms with Crippen LogP contribution in [0.5, 0.6) is 5.75 Å². The Morgan fingerprint density at radius 3 is 2.43 bits per heavy atom. The van der Waals surface area contributed by atoms with Gasteiger partial charge in [0.2, 0.25) is 0 Å². The second kappa shape index (κ2) is 4.01. The lowest BCUT2D eigenvalue weighted by molar-refractivity contribution is -0.446. The van der Waals surface area contributed by atoms with Gasteiger partial charge in [-0.2, -0.15) is 0 Å². The molecular formula is C12H18NO+. The van der Waals surface area contributed by atoms with Crippen LogP contribution in [0.3, 0.4) is 0 Å². The molecular weight excluding hydrogens is 174 g/mol. The first-order chi connectivity index (χ1) is 6.78. The molecule has 76 valence electrons. The summed E-state index contributed by atoms with van der Waals surface area (Å²) in [5, 5.41) is 0. The summed E-state index contributed by atoms with van der Waals surface area (Å²) in [5.41, 5.74) is 5.35. The molecule has 0 radical (unpaired) electrons. The predicted molar refractivity (Wildman–Crippen MR) is 56.1 cm³/mol. The van der Waals surface area contributed by atoms with Crippen LogP contribution in [0.15, 0.2) is 24.3 Å². The SMILES string of the molecule is CCc1ccc(OC2CC([NH3+])C2)cc1. The van der Waals surface area contributed by atoms with Crippen molar-refractivity contribution in [3.63, 3.8) is 0 Å². The minimum atomic E-state index is 0.407. The third-order valence-corrected chi connectivity index (χ3v) is 2.83. The monoisotopic (exact) mass is 192 g/mol. The van der Waals surface area contributed by atoms with Crippen molar-refractivity contribution in [2.75, 3.05) is 0 Å². The van der Waals surface area contributed by atoms with Crippen LogP contribution in [-0.2, 0) is 6.42 Å². The van der Waals surface area contributed by atoms with E-state index in [4.69, 9.17) is 4.74 Å². The lowest BCUT2D eigenvalue weighted by Gasteiger charge is -2.29. The summed E-state index contributed by atoms with van der Waals surface area (Å²) in [6, 6.07) is 9.01. The van der Waals surface area contributed by atoms with E-state index in [1.165, 1.54) is 5.56 Å². The molecule has 0 spiro atoms. The Hall–Kier alpha value is -1.02. The lowest BCUT2D eigenvalue weighted by atomic mass is 9.90. The maximum absolute atomic E-state index is 5.78. The second-order valence-electron chi connectivity index (χ2n) is 4.07. The van der Waals surface area contributed by atoms with Crippen LogP contribution in [0.25, 0.3) is 0 Å². The first-order valence-corrected chi connectivity index (χ1v) is 5.36. The Labute approximate surface area is 85.1 Å². The highest BCUT2D eigenvalue weighted by molar-refractivity contribution is 5.27. The topological polar surface area (TPSA) is 36.9 Å². The molecule has 1 aliphatic carbocycles. The van der Waals surface area contributed by atoms with E-state index in [1.54, 1.807) is 0 Å². The zero-order chi connectivity index (χ0) is 9.97. The third-order valence-electron chi connectivity index (χ3n) is 2.83. The van der Waals surface area contributed by atoms with E-state index < -0.39 is 0 Å². The van der Waals surface area contributed by atoms with Gasteiger partial charge < -0.3 is 10.5 Å². The fourth-order valence-corrected chi connectivity index (χ4v) is 1.77. The molecule has 0 unspecified atom stereocenters. The average molecular weight is 192 g/mol. The molecule has 2 heteroatoms. The zero-order valence-corrected chi connectivity index (χ0v) is 8.70. The van der Waals surface area contributed by atoms with Gasteiger partial charge >= 0.3 is 0 Å². The molecule has 3 N–H and O–H groups in total. The molecule has 0 saturated heterocycles. The molecule has 1 aromatic carbocycles. The Morgan fingerprint density at radius 2 is 1.93 bits per heavy atom. The smallest absolute Gasteiger partial charge is 0.119 e. The summed E-state index contributed by atoms with van der Waals surface area (Å²) in [4.78, 5) is 0. The van der Waals surface area contributed by atoms with E-state index in [0.29, 0.717) is 12.1 Å². The minimum Gasteiger partial charge on any atom is -0.490 e. The second-order valence-corrected chi connectivity index (χ2v) is 4.07. The van der Waals surface area contributed by atoms with E-state index in [0.717, 1.165) is 25.0 Å². The first-order valence-electron chi connectivity index (χ1n) is 5.36. The quantitative estimate of drug-likeness (QED) is 0.772. The first kappa shape index (κ1) is 9.53. The number of ether oxygens (including phenoxy) is 1. The molecule has 0 amide bonds. The zero-order valence-electron chi connectivity index (χ0n) is 8.70. The van der Waals surface area contributed by atoms with Crippen LogP contribution in [-0.4, -0.2) is 12.1 Å². The number of benzene rings is 1. The van der Waals surface area contributed by atoms with Gasteiger partial charge in [0.05, 0.1) is 6.04 Å². The van der Waals surface area contributed by atoms with Crippen molar-refractivity contribution < 1.29 is 10.5 Å². The van der Waals surface area contributed by atoms with Crippen molar-refractivity contribution in [2.45, 2.75) is 38.3 Å². The van der Waals surface area contributed by atoms with Crippen molar-refractivity contribution in [1.29, 1.82) is 0 Å². The van der Waals surface area contributed by atoms with Gasteiger partial charge in [0.1, 0.15) is 11.9 Å². The molecule has 1 fully saturated rings. The normalized spacial score (nSPS) is 25.6. The third kappa shape index (κ3) is 2.07.